The van der Waals surface area contributed by atoms with Gasteiger partial charge in [0.1, 0.15) is 18.1 Å². The van der Waals surface area contributed by atoms with Crippen molar-refractivity contribution in [2.75, 3.05) is 24.0 Å². The van der Waals surface area contributed by atoms with Gasteiger partial charge in [-0.1, -0.05) is 13.8 Å². The molecule has 4 unspecified atom stereocenters. The van der Waals surface area contributed by atoms with E-state index in [9.17, 15) is 29.1 Å². The minimum Gasteiger partial charge on any atom is -0.481 e. The molecule has 3 amide bonds. The van der Waals surface area contributed by atoms with Gasteiger partial charge in [0, 0.05) is 6.42 Å². The second-order valence-electron chi connectivity index (χ2n) is 8.25. The quantitative estimate of drug-likeness (QED) is 0.146. The number of hydrogen-bond donors (Lipinski definition) is 6. The number of carboxylic acids is 2. The van der Waals surface area contributed by atoms with E-state index in [-0.39, 0.29) is 25.2 Å². The Labute approximate surface area is 209 Å². The summed E-state index contributed by atoms with van der Waals surface area (Å²) in [6, 6.07) is -4.24. The first-order valence-corrected chi connectivity index (χ1v) is 13.8. The highest BCUT2D eigenvalue weighted by atomic mass is 32.2. The number of hydrogen-bond acceptors (Lipinski definition) is 8. The predicted molar refractivity (Wildman–Crippen MR) is 134 cm³/mol. The third kappa shape index (κ3) is 13.7. The number of carboxylic acid groups (broad SMARTS) is 2. The topological polar surface area (TPSA) is 188 Å². The van der Waals surface area contributed by atoms with Crippen LogP contribution in [0, 0.1) is 5.92 Å². The summed E-state index contributed by atoms with van der Waals surface area (Å²) in [5, 5.41) is 25.9. The molecule has 0 aromatic carbocycles. The van der Waals surface area contributed by atoms with Crippen molar-refractivity contribution in [3.05, 3.63) is 0 Å². The van der Waals surface area contributed by atoms with Gasteiger partial charge in [0.2, 0.25) is 17.7 Å². The van der Waals surface area contributed by atoms with Gasteiger partial charge >= 0.3 is 11.9 Å². The molecule has 0 bridgehead atoms. The maximum atomic E-state index is 13.0. The molecular weight excluding hydrogens is 484 g/mol. The Bertz CT molecular complexity index is 694. The van der Waals surface area contributed by atoms with Gasteiger partial charge < -0.3 is 31.9 Å². The van der Waals surface area contributed by atoms with E-state index in [4.69, 9.17) is 10.8 Å². The van der Waals surface area contributed by atoms with Crippen molar-refractivity contribution in [1.29, 1.82) is 0 Å². The SMILES string of the molecule is CSCCC(NC(=O)C(CCC(=O)O)NC(=O)C(CCSC)NC(=O)C(N)CC(C)C)C(=O)O. The molecule has 0 aromatic heterocycles. The van der Waals surface area contributed by atoms with E-state index < -0.39 is 60.2 Å². The van der Waals surface area contributed by atoms with E-state index in [1.807, 2.05) is 20.1 Å². The van der Waals surface area contributed by atoms with Gasteiger partial charge in [-0.2, -0.15) is 23.5 Å². The number of rotatable bonds is 18. The summed E-state index contributed by atoms with van der Waals surface area (Å²) in [5.74, 6) is -3.15. The normalized spacial score (nSPS) is 14.5. The lowest BCUT2D eigenvalue weighted by molar-refractivity contribution is -0.143. The standard InChI is InChI=1S/C21H38N4O7S2/c1-12(2)11-13(22)18(28)23-15(7-9-33-3)20(30)24-14(5-6-17(26)27)19(29)25-16(21(31)32)8-10-34-4/h12-16H,5-11,22H2,1-4H3,(H,23,28)(H,24,30)(H,25,29)(H,26,27)(H,31,32). The van der Waals surface area contributed by atoms with Crippen molar-refractivity contribution in [3.63, 3.8) is 0 Å². The summed E-state index contributed by atoms with van der Waals surface area (Å²) >= 11 is 2.88. The van der Waals surface area contributed by atoms with E-state index in [1.54, 1.807) is 6.26 Å². The first-order valence-electron chi connectivity index (χ1n) is 11.0. The van der Waals surface area contributed by atoms with Crippen molar-refractivity contribution < 1.29 is 34.2 Å². The fourth-order valence-corrected chi connectivity index (χ4v) is 3.92. The molecule has 0 saturated carbocycles. The van der Waals surface area contributed by atoms with E-state index in [0.717, 1.165) is 0 Å². The van der Waals surface area contributed by atoms with E-state index in [1.165, 1.54) is 23.5 Å². The molecule has 0 rings (SSSR count). The van der Waals surface area contributed by atoms with Crippen LogP contribution in [0.4, 0.5) is 0 Å². The zero-order valence-electron chi connectivity index (χ0n) is 20.2. The van der Waals surface area contributed by atoms with Crippen LogP contribution in [-0.2, 0) is 24.0 Å². The molecule has 0 radical (unpaired) electrons. The molecule has 34 heavy (non-hydrogen) atoms. The van der Waals surface area contributed by atoms with Crippen LogP contribution in [0.3, 0.4) is 0 Å². The maximum Gasteiger partial charge on any atom is 0.326 e. The largest absolute Gasteiger partial charge is 0.481 e. The van der Waals surface area contributed by atoms with Crippen molar-refractivity contribution in [2.45, 2.75) is 70.1 Å². The number of nitrogens with two attached hydrogens (primary N) is 1. The fourth-order valence-electron chi connectivity index (χ4n) is 2.97. The summed E-state index contributed by atoms with van der Waals surface area (Å²) in [4.78, 5) is 60.7. The predicted octanol–water partition coefficient (Wildman–Crippen LogP) is 0.270. The molecule has 4 atom stereocenters. The van der Waals surface area contributed by atoms with Crippen LogP contribution in [0.25, 0.3) is 0 Å². The van der Waals surface area contributed by atoms with Crippen LogP contribution >= 0.6 is 23.5 Å². The highest BCUT2D eigenvalue weighted by Crippen LogP contribution is 2.08. The first-order chi connectivity index (χ1) is 15.9. The average molecular weight is 523 g/mol. The van der Waals surface area contributed by atoms with Crippen LogP contribution in [-0.4, -0.2) is 88.1 Å². The monoisotopic (exact) mass is 522 g/mol. The van der Waals surface area contributed by atoms with Gasteiger partial charge in [-0.25, -0.2) is 4.79 Å². The summed E-state index contributed by atoms with van der Waals surface area (Å²) in [5.41, 5.74) is 5.91. The fraction of sp³-hybridized carbons (Fsp3) is 0.762. The lowest BCUT2D eigenvalue weighted by Gasteiger charge is -2.25. The maximum absolute atomic E-state index is 13.0. The Morgan fingerprint density at radius 3 is 1.65 bits per heavy atom. The zero-order chi connectivity index (χ0) is 26.3. The van der Waals surface area contributed by atoms with Crippen molar-refractivity contribution in [3.8, 4) is 0 Å². The first kappa shape index (κ1) is 32.0. The van der Waals surface area contributed by atoms with Gasteiger partial charge in [-0.05, 0) is 55.6 Å². The Hall–Kier alpha value is -1.99. The number of carbonyl (C=O) groups excluding carboxylic acids is 3. The lowest BCUT2D eigenvalue weighted by atomic mass is 10.0. The highest BCUT2D eigenvalue weighted by Gasteiger charge is 2.30. The third-order valence-electron chi connectivity index (χ3n) is 4.81. The smallest absolute Gasteiger partial charge is 0.326 e. The number of carbonyl (C=O) groups is 5. The average Bonchev–Trinajstić information content (AvgIpc) is 2.75. The molecule has 0 heterocycles. The van der Waals surface area contributed by atoms with Gasteiger partial charge in [0.25, 0.3) is 0 Å². The summed E-state index contributed by atoms with van der Waals surface area (Å²) in [7, 11) is 0. The molecule has 0 aliphatic carbocycles. The van der Waals surface area contributed by atoms with Crippen molar-refractivity contribution in [2.24, 2.45) is 11.7 Å². The third-order valence-corrected chi connectivity index (χ3v) is 6.10. The number of aliphatic carboxylic acids is 2. The minimum atomic E-state index is -1.28. The molecule has 13 heteroatoms. The molecule has 0 aliphatic heterocycles. The summed E-state index contributed by atoms with van der Waals surface area (Å²) in [6.45, 7) is 3.83. The molecular formula is C21H38N4O7S2. The van der Waals surface area contributed by atoms with Gasteiger partial charge in [-0.3, -0.25) is 19.2 Å². The van der Waals surface area contributed by atoms with Crippen LogP contribution in [0.2, 0.25) is 0 Å². The lowest BCUT2D eigenvalue weighted by Crippen LogP contribution is -2.57. The zero-order valence-corrected chi connectivity index (χ0v) is 21.8. The van der Waals surface area contributed by atoms with Crippen LogP contribution < -0.4 is 21.7 Å². The van der Waals surface area contributed by atoms with Crippen LogP contribution in [0.1, 0.15) is 46.0 Å². The second kappa shape index (κ2) is 17.4. The van der Waals surface area contributed by atoms with Crippen LogP contribution in [0.5, 0.6) is 0 Å². The van der Waals surface area contributed by atoms with E-state index >= 15 is 0 Å². The molecule has 7 N–H and O–H groups in total. The number of amides is 3. The summed E-state index contributed by atoms with van der Waals surface area (Å²) < 4.78 is 0. The van der Waals surface area contributed by atoms with E-state index in [0.29, 0.717) is 17.9 Å². The Balaban J connectivity index is 5.48. The molecule has 0 spiro atoms. The minimum absolute atomic E-state index is 0.169. The number of thioether (sulfide) groups is 2. The Morgan fingerprint density at radius 2 is 1.21 bits per heavy atom. The molecule has 0 aliphatic rings. The molecule has 0 saturated heterocycles. The number of nitrogens with one attached hydrogen (secondary N) is 3. The molecule has 0 aromatic rings. The van der Waals surface area contributed by atoms with Crippen LogP contribution in [0.15, 0.2) is 0 Å². The molecule has 196 valence electrons. The second-order valence-corrected chi connectivity index (χ2v) is 10.2. The highest BCUT2D eigenvalue weighted by molar-refractivity contribution is 7.98. The Kier molecular flexibility index (Phi) is 16.4. The Morgan fingerprint density at radius 1 is 0.765 bits per heavy atom. The summed E-state index contributed by atoms with van der Waals surface area (Å²) in [6.07, 6.45) is 3.85. The van der Waals surface area contributed by atoms with Crippen molar-refractivity contribution in [1.82, 2.24) is 16.0 Å². The van der Waals surface area contributed by atoms with E-state index in [2.05, 4.69) is 16.0 Å². The molecule has 0 fully saturated rings. The molecule has 11 nitrogen and oxygen atoms in total. The van der Waals surface area contributed by atoms with Crippen molar-refractivity contribution >= 4 is 53.2 Å². The van der Waals surface area contributed by atoms with Gasteiger partial charge in [0.05, 0.1) is 6.04 Å². The van der Waals surface area contributed by atoms with Gasteiger partial charge in [-0.15, -0.1) is 0 Å². The van der Waals surface area contributed by atoms with Gasteiger partial charge in [0.15, 0.2) is 0 Å².